The van der Waals surface area contributed by atoms with Crippen LogP contribution in [0.15, 0.2) is 29.8 Å². The fraction of sp³-hybridized carbons (Fsp3) is 0.235. The normalized spacial score (nSPS) is 14.4. The van der Waals surface area contributed by atoms with Gasteiger partial charge in [-0.05, 0) is 18.2 Å². The molecule has 4 heterocycles. The van der Waals surface area contributed by atoms with Gasteiger partial charge >= 0.3 is 0 Å². The topological polar surface area (TPSA) is 67.4 Å². The molecule has 6 nitrogen and oxygen atoms in total. The Bertz CT molecular complexity index is 970. The number of anilines is 2. The van der Waals surface area contributed by atoms with Crippen LogP contribution in [0.5, 0.6) is 0 Å². The van der Waals surface area contributed by atoms with E-state index in [0.717, 1.165) is 5.56 Å². The van der Waals surface area contributed by atoms with Crippen LogP contribution in [0.25, 0.3) is 11.3 Å². The molecule has 0 unspecified atom stereocenters. The minimum absolute atomic E-state index is 0.250. The minimum atomic E-state index is -0.250. The van der Waals surface area contributed by atoms with Gasteiger partial charge < -0.3 is 9.64 Å². The summed E-state index contributed by atoms with van der Waals surface area (Å²) in [5, 5.41) is 5.18. The quantitative estimate of drug-likeness (QED) is 0.638. The number of nitrogens with zero attached hydrogens (tertiary/aromatic N) is 3. The van der Waals surface area contributed by atoms with Crippen molar-refractivity contribution in [2.45, 2.75) is 0 Å². The molecule has 0 bridgehead atoms. The molecule has 10 heteroatoms. The minimum Gasteiger partial charge on any atom is -0.378 e. The number of nitrogens with one attached hydrogen (secondary N) is 1. The Balaban J connectivity index is 1.54. The van der Waals surface area contributed by atoms with Gasteiger partial charge in [-0.1, -0.05) is 23.2 Å². The van der Waals surface area contributed by atoms with Crippen LogP contribution < -0.4 is 10.2 Å². The van der Waals surface area contributed by atoms with Crippen LogP contribution in [0.4, 0.5) is 10.9 Å². The maximum atomic E-state index is 12.8. The van der Waals surface area contributed by atoms with Crippen molar-refractivity contribution in [1.82, 2.24) is 9.97 Å². The van der Waals surface area contributed by atoms with Gasteiger partial charge in [-0.15, -0.1) is 22.7 Å². The SMILES string of the molecule is O=C(Nc1nc(-c2cc(Cl)sc2Cl)cs1)c1cccnc1N1CCOCC1. The van der Waals surface area contributed by atoms with Gasteiger partial charge in [-0.25, -0.2) is 9.97 Å². The van der Waals surface area contributed by atoms with Crippen LogP contribution >= 0.6 is 45.9 Å². The molecule has 27 heavy (non-hydrogen) atoms. The van der Waals surface area contributed by atoms with Gasteiger partial charge in [0.05, 0.1) is 28.8 Å². The summed E-state index contributed by atoms with van der Waals surface area (Å²) in [5.74, 6) is 0.405. The summed E-state index contributed by atoms with van der Waals surface area (Å²) in [6, 6.07) is 5.28. The van der Waals surface area contributed by atoms with E-state index in [9.17, 15) is 4.79 Å². The molecule has 0 aromatic carbocycles. The third-order valence-electron chi connectivity index (χ3n) is 4.00. The third kappa shape index (κ3) is 4.09. The Morgan fingerprint density at radius 1 is 1.30 bits per heavy atom. The molecule has 3 aromatic rings. The average Bonchev–Trinajstić information content (AvgIpc) is 3.28. The van der Waals surface area contributed by atoms with Crippen LogP contribution in [-0.4, -0.2) is 42.2 Å². The van der Waals surface area contributed by atoms with E-state index in [4.69, 9.17) is 27.9 Å². The highest BCUT2D eigenvalue weighted by atomic mass is 35.5. The van der Waals surface area contributed by atoms with Gasteiger partial charge in [-0.3, -0.25) is 10.1 Å². The molecule has 1 amide bonds. The molecule has 1 aliphatic rings. The Hall–Kier alpha value is -1.71. The molecule has 4 rings (SSSR count). The first kappa shape index (κ1) is 18.6. The monoisotopic (exact) mass is 440 g/mol. The zero-order valence-electron chi connectivity index (χ0n) is 13.9. The molecule has 140 valence electrons. The first-order valence-electron chi connectivity index (χ1n) is 8.11. The summed E-state index contributed by atoms with van der Waals surface area (Å²) in [6.45, 7) is 2.65. The molecule has 1 saturated heterocycles. The second kappa shape index (κ2) is 8.12. The van der Waals surface area contributed by atoms with Crippen LogP contribution in [0, 0.1) is 0 Å². The molecular weight excluding hydrogens is 427 g/mol. The Kier molecular flexibility index (Phi) is 5.60. The predicted octanol–water partition coefficient (Wildman–Crippen LogP) is 4.66. The van der Waals surface area contributed by atoms with E-state index in [0.29, 0.717) is 57.2 Å². The number of thiophene rings is 1. The lowest BCUT2D eigenvalue weighted by Gasteiger charge is -2.29. The van der Waals surface area contributed by atoms with E-state index in [-0.39, 0.29) is 5.91 Å². The van der Waals surface area contributed by atoms with Crippen LogP contribution in [0.3, 0.4) is 0 Å². The van der Waals surface area contributed by atoms with Gasteiger partial charge in [0.15, 0.2) is 5.13 Å². The highest BCUT2D eigenvalue weighted by Gasteiger charge is 2.21. The Labute approximate surface area is 173 Å². The van der Waals surface area contributed by atoms with Crippen LogP contribution in [0.2, 0.25) is 8.67 Å². The number of morpholine rings is 1. The fourth-order valence-electron chi connectivity index (χ4n) is 2.74. The zero-order valence-corrected chi connectivity index (χ0v) is 17.1. The molecule has 1 aliphatic heterocycles. The second-order valence-electron chi connectivity index (χ2n) is 5.70. The maximum Gasteiger partial charge on any atom is 0.261 e. The van der Waals surface area contributed by atoms with Crippen molar-refractivity contribution in [3.05, 3.63) is 44.0 Å². The van der Waals surface area contributed by atoms with Crippen molar-refractivity contribution < 1.29 is 9.53 Å². The molecular formula is C17H14Cl2N4O2S2. The summed E-state index contributed by atoms with van der Waals surface area (Å²) in [7, 11) is 0. The largest absolute Gasteiger partial charge is 0.378 e. The molecule has 3 aromatic heterocycles. The summed E-state index contributed by atoms with van der Waals surface area (Å²) in [5.41, 5.74) is 1.95. The van der Waals surface area contributed by atoms with E-state index in [1.807, 2.05) is 5.38 Å². The number of hydrogen-bond donors (Lipinski definition) is 1. The van der Waals surface area contributed by atoms with Crippen molar-refractivity contribution in [3.8, 4) is 11.3 Å². The number of carbonyl (C=O) groups is 1. The van der Waals surface area contributed by atoms with Crippen LogP contribution in [0.1, 0.15) is 10.4 Å². The Morgan fingerprint density at radius 3 is 2.85 bits per heavy atom. The van der Waals surface area contributed by atoms with E-state index in [1.165, 1.54) is 22.7 Å². The molecule has 0 spiro atoms. The number of ether oxygens (including phenoxy) is 1. The van der Waals surface area contributed by atoms with Gasteiger partial charge in [0.2, 0.25) is 0 Å². The summed E-state index contributed by atoms with van der Waals surface area (Å²) in [6.07, 6.45) is 1.69. The van der Waals surface area contributed by atoms with Crippen LogP contribution in [-0.2, 0) is 4.74 Å². The number of carbonyl (C=O) groups excluding carboxylic acids is 1. The smallest absolute Gasteiger partial charge is 0.261 e. The Morgan fingerprint density at radius 2 is 2.11 bits per heavy atom. The third-order valence-corrected chi connectivity index (χ3v) is 6.24. The van der Waals surface area contributed by atoms with Crippen molar-refractivity contribution in [3.63, 3.8) is 0 Å². The molecule has 1 N–H and O–H groups in total. The lowest BCUT2D eigenvalue weighted by Crippen LogP contribution is -2.38. The first-order chi connectivity index (χ1) is 13.1. The molecule has 0 saturated carbocycles. The van der Waals surface area contributed by atoms with E-state index < -0.39 is 0 Å². The summed E-state index contributed by atoms with van der Waals surface area (Å²) < 4.78 is 6.55. The standard InChI is InChI=1S/C17H14Cl2N4O2S2/c18-13-8-11(14(19)27-13)12-9-26-17(21-12)22-16(24)10-2-1-3-20-15(10)23-4-6-25-7-5-23/h1-3,8-9H,4-7H2,(H,21,22,24). The van der Waals surface area contributed by atoms with Crippen molar-refractivity contribution >= 4 is 62.7 Å². The second-order valence-corrected chi connectivity index (χ2v) is 8.85. The van der Waals surface area contributed by atoms with E-state index in [1.54, 1.807) is 24.4 Å². The number of pyridine rings is 1. The lowest BCUT2D eigenvalue weighted by molar-refractivity contribution is 0.102. The summed E-state index contributed by atoms with van der Waals surface area (Å²) in [4.78, 5) is 23.7. The molecule has 0 aliphatic carbocycles. The average molecular weight is 441 g/mol. The van der Waals surface area contributed by atoms with Crippen molar-refractivity contribution in [1.29, 1.82) is 0 Å². The lowest BCUT2D eigenvalue weighted by atomic mass is 10.2. The van der Waals surface area contributed by atoms with E-state index in [2.05, 4.69) is 20.2 Å². The molecule has 0 atom stereocenters. The van der Waals surface area contributed by atoms with E-state index >= 15 is 0 Å². The number of hydrogen-bond acceptors (Lipinski definition) is 7. The number of thiazole rings is 1. The number of halogens is 2. The number of amides is 1. The zero-order chi connectivity index (χ0) is 18.8. The number of aromatic nitrogens is 2. The highest BCUT2D eigenvalue weighted by Crippen LogP contribution is 2.39. The van der Waals surface area contributed by atoms with Crippen molar-refractivity contribution in [2.75, 3.05) is 36.5 Å². The predicted molar refractivity (Wildman–Crippen MR) is 111 cm³/mol. The highest BCUT2D eigenvalue weighted by molar-refractivity contribution is 7.20. The maximum absolute atomic E-state index is 12.8. The van der Waals surface area contributed by atoms with Gasteiger partial charge in [-0.2, -0.15) is 0 Å². The first-order valence-corrected chi connectivity index (χ1v) is 10.6. The van der Waals surface area contributed by atoms with Crippen molar-refractivity contribution in [2.24, 2.45) is 0 Å². The number of rotatable bonds is 4. The van der Waals surface area contributed by atoms with Gasteiger partial charge in [0.25, 0.3) is 5.91 Å². The molecule has 1 fully saturated rings. The van der Waals surface area contributed by atoms with Gasteiger partial charge in [0, 0.05) is 30.2 Å². The van der Waals surface area contributed by atoms with Gasteiger partial charge in [0.1, 0.15) is 10.2 Å². The fourth-order valence-corrected chi connectivity index (χ4v) is 4.92. The summed E-state index contributed by atoms with van der Waals surface area (Å²) >= 11 is 14.8. The molecule has 0 radical (unpaired) electrons.